The number of aromatic nitrogens is 1. The normalized spacial score (nSPS) is 14.6. The summed E-state index contributed by atoms with van der Waals surface area (Å²) in [5.41, 5.74) is 6.66. The van der Waals surface area contributed by atoms with Crippen molar-refractivity contribution in [2.24, 2.45) is 11.7 Å². The first-order valence-electron chi connectivity index (χ1n) is 8.97. The first-order chi connectivity index (χ1) is 12.0. The number of nitrogens with zero attached hydrogens (tertiary/aromatic N) is 2. The number of rotatable bonds is 7. The van der Waals surface area contributed by atoms with Crippen LogP contribution in [0.1, 0.15) is 38.7 Å². The molecular formula is C18H31Cl2N5O2. The molecule has 0 saturated carbocycles. The molecule has 1 aliphatic heterocycles. The van der Waals surface area contributed by atoms with Crippen molar-refractivity contribution in [1.29, 1.82) is 0 Å². The van der Waals surface area contributed by atoms with Gasteiger partial charge in [-0.2, -0.15) is 0 Å². The van der Waals surface area contributed by atoms with Crippen LogP contribution in [-0.4, -0.2) is 42.5 Å². The topological polar surface area (TPSA) is 100 Å². The van der Waals surface area contributed by atoms with Gasteiger partial charge < -0.3 is 21.3 Å². The van der Waals surface area contributed by atoms with Crippen molar-refractivity contribution in [2.75, 3.05) is 24.5 Å². The van der Waals surface area contributed by atoms with E-state index in [1.165, 1.54) is 19.3 Å². The third-order valence-electron chi connectivity index (χ3n) is 4.42. The van der Waals surface area contributed by atoms with Crippen molar-refractivity contribution in [3.63, 3.8) is 0 Å². The maximum absolute atomic E-state index is 11.8. The van der Waals surface area contributed by atoms with Gasteiger partial charge in [-0.3, -0.25) is 9.59 Å². The maximum atomic E-state index is 11.8. The van der Waals surface area contributed by atoms with E-state index >= 15 is 0 Å². The Bertz CT molecular complexity index is 578. The smallest absolute Gasteiger partial charge is 0.239 e. The summed E-state index contributed by atoms with van der Waals surface area (Å²) in [6.45, 7) is 6.16. The minimum Gasteiger partial charge on any atom is -0.357 e. The lowest BCUT2D eigenvalue weighted by Crippen LogP contribution is -2.47. The van der Waals surface area contributed by atoms with Crippen LogP contribution in [0.15, 0.2) is 18.3 Å². The van der Waals surface area contributed by atoms with E-state index in [1.54, 1.807) is 6.20 Å². The molecule has 1 saturated heterocycles. The van der Waals surface area contributed by atoms with Gasteiger partial charge in [-0.25, -0.2) is 4.98 Å². The maximum Gasteiger partial charge on any atom is 0.239 e. The van der Waals surface area contributed by atoms with E-state index in [-0.39, 0.29) is 49.1 Å². The van der Waals surface area contributed by atoms with Gasteiger partial charge in [0, 0.05) is 25.8 Å². The number of hydrogen-bond acceptors (Lipinski definition) is 5. The van der Waals surface area contributed by atoms with Crippen molar-refractivity contribution in [3.05, 3.63) is 23.9 Å². The van der Waals surface area contributed by atoms with E-state index in [1.807, 2.05) is 26.0 Å². The standard InChI is InChI=1S/C18H29N5O2.2ClH/c1-13(2)17(19)18(25)22-12-16(24)21-11-14-6-7-15(20-10-14)23-8-4-3-5-9-23;;/h6-7,10,13,17H,3-5,8-9,11-12,19H2,1-2H3,(H,21,24)(H,22,25);2*1H/t17-;;/m0../s1. The number of amides is 2. The summed E-state index contributed by atoms with van der Waals surface area (Å²) in [6.07, 6.45) is 5.51. The molecule has 1 aliphatic rings. The second-order valence-corrected chi connectivity index (χ2v) is 6.84. The van der Waals surface area contributed by atoms with Gasteiger partial charge in [0.05, 0.1) is 12.6 Å². The zero-order valence-electron chi connectivity index (χ0n) is 15.9. The van der Waals surface area contributed by atoms with Crippen LogP contribution in [0.2, 0.25) is 0 Å². The number of pyridine rings is 1. The molecule has 2 heterocycles. The molecule has 154 valence electrons. The molecule has 0 radical (unpaired) electrons. The highest BCUT2D eigenvalue weighted by Gasteiger charge is 2.17. The summed E-state index contributed by atoms with van der Waals surface area (Å²) in [7, 11) is 0. The van der Waals surface area contributed by atoms with Crippen molar-refractivity contribution in [2.45, 2.75) is 45.7 Å². The zero-order chi connectivity index (χ0) is 18.2. The predicted octanol–water partition coefficient (Wildman–Crippen LogP) is 1.63. The Labute approximate surface area is 173 Å². The highest BCUT2D eigenvalue weighted by Crippen LogP contribution is 2.17. The van der Waals surface area contributed by atoms with Gasteiger partial charge in [0.15, 0.2) is 0 Å². The largest absolute Gasteiger partial charge is 0.357 e. The molecule has 7 nitrogen and oxygen atoms in total. The van der Waals surface area contributed by atoms with Crippen molar-refractivity contribution in [3.8, 4) is 0 Å². The Hall–Kier alpha value is -1.57. The van der Waals surface area contributed by atoms with Crippen LogP contribution in [0, 0.1) is 5.92 Å². The summed E-state index contributed by atoms with van der Waals surface area (Å²) in [5.74, 6) is 0.472. The van der Waals surface area contributed by atoms with Gasteiger partial charge in [0.2, 0.25) is 11.8 Å². The van der Waals surface area contributed by atoms with Crippen molar-refractivity contribution < 1.29 is 9.59 Å². The average molecular weight is 420 g/mol. The first kappa shape index (κ1) is 25.4. The highest BCUT2D eigenvalue weighted by atomic mass is 35.5. The number of piperidine rings is 1. The van der Waals surface area contributed by atoms with E-state index in [0.29, 0.717) is 6.54 Å². The molecule has 4 N–H and O–H groups in total. The van der Waals surface area contributed by atoms with Gasteiger partial charge in [-0.15, -0.1) is 24.8 Å². The third-order valence-corrected chi connectivity index (χ3v) is 4.42. The molecule has 1 aromatic heterocycles. The molecule has 0 aromatic carbocycles. The lowest BCUT2D eigenvalue weighted by atomic mass is 10.1. The second kappa shape index (κ2) is 12.8. The monoisotopic (exact) mass is 419 g/mol. The summed E-state index contributed by atoms with van der Waals surface area (Å²) in [6, 6.07) is 3.38. The van der Waals surface area contributed by atoms with E-state index in [4.69, 9.17) is 5.73 Å². The number of carbonyl (C=O) groups is 2. The van der Waals surface area contributed by atoms with Crippen molar-refractivity contribution in [1.82, 2.24) is 15.6 Å². The molecule has 2 rings (SSSR count). The van der Waals surface area contributed by atoms with Gasteiger partial charge in [0.1, 0.15) is 5.82 Å². The minimum atomic E-state index is -0.598. The van der Waals surface area contributed by atoms with Crippen LogP contribution in [0.5, 0.6) is 0 Å². The quantitative estimate of drug-likeness (QED) is 0.623. The molecule has 2 amide bonds. The molecule has 0 aliphatic carbocycles. The number of hydrogen-bond donors (Lipinski definition) is 3. The summed E-state index contributed by atoms with van der Waals surface area (Å²) in [4.78, 5) is 30.3. The van der Waals surface area contributed by atoms with Crippen LogP contribution >= 0.6 is 24.8 Å². The highest BCUT2D eigenvalue weighted by molar-refractivity contribution is 5.87. The van der Waals surface area contributed by atoms with Gasteiger partial charge in [0.25, 0.3) is 0 Å². The van der Waals surface area contributed by atoms with Crippen LogP contribution in [0.3, 0.4) is 0 Å². The fraction of sp³-hybridized carbons (Fsp3) is 0.611. The molecule has 27 heavy (non-hydrogen) atoms. The fourth-order valence-corrected chi connectivity index (χ4v) is 2.68. The Morgan fingerprint density at radius 1 is 1.15 bits per heavy atom. The zero-order valence-corrected chi connectivity index (χ0v) is 17.6. The van der Waals surface area contributed by atoms with E-state index in [9.17, 15) is 9.59 Å². The number of carbonyl (C=O) groups excluding carboxylic acids is 2. The summed E-state index contributed by atoms with van der Waals surface area (Å²) >= 11 is 0. The second-order valence-electron chi connectivity index (χ2n) is 6.84. The summed E-state index contributed by atoms with van der Waals surface area (Å²) < 4.78 is 0. The first-order valence-corrected chi connectivity index (χ1v) is 8.97. The molecule has 0 unspecified atom stereocenters. The Morgan fingerprint density at radius 3 is 2.37 bits per heavy atom. The number of anilines is 1. The van der Waals surface area contributed by atoms with E-state index in [2.05, 4.69) is 20.5 Å². The van der Waals surface area contributed by atoms with Gasteiger partial charge in [-0.05, 0) is 36.8 Å². The third kappa shape index (κ3) is 8.32. The summed E-state index contributed by atoms with van der Waals surface area (Å²) in [5, 5.41) is 5.33. The van der Waals surface area contributed by atoms with Crippen molar-refractivity contribution >= 4 is 42.4 Å². The number of nitrogens with two attached hydrogens (primary N) is 1. The molecule has 1 atom stereocenters. The van der Waals surface area contributed by atoms with Crippen LogP contribution in [0.25, 0.3) is 0 Å². The molecule has 1 aromatic rings. The van der Waals surface area contributed by atoms with Gasteiger partial charge in [-0.1, -0.05) is 19.9 Å². The Balaban J connectivity index is 0.00000338. The predicted molar refractivity (Wildman–Crippen MR) is 112 cm³/mol. The molecule has 0 bridgehead atoms. The Kier molecular flexibility index (Phi) is 12.0. The van der Waals surface area contributed by atoms with Crippen LogP contribution in [0.4, 0.5) is 5.82 Å². The minimum absolute atomic E-state index is 0. The average Bonchev–Trinajstić information content (AvgIpc) is 2.64. The number of nitrogens with one attached hydrogen (secondary N) is 2. The Morgan fingerprint density at radius 2 is 1.81 bits per heavy atom. The van der Waals surface area contributed by atoms with Crippen LogP contribution < -0.4 is 21.3 Å². The van der Waals surface area contributed by atoms with E-state index in [0.717, 1.165) is 24.5 Å². The fourth-order valence-electron chi connectivity index (χ4n) is 2.68. The lowest BCUT2D eigenvalue weighted by Gasteiger charge is -2.27. The molecular weight excluding hydrogens is 389 g/mol. The molecule has 0 spiro atoms. The SMILES string of the molecule is CC(C)[C@H](N)C(=O)NCC(=O)NCc1ccc(N2CCCCC2)nc1.Cl.Cl. The number of halogens is 2. The molecule has 9 heteroatoms. The van der Waals surface area contributed by atoms with E-state index < -0.39 is 6.04 Å². The van der Waals surface area contributed by atoms with Crippen LogP contribution in [-0.2, 0) is 16.1 Å². The van der Waals surface area contributed by atoms with Gasteiger partial charge >= 0.3 is 0 Å². The lowest BCUT2D eigenvalue weighted by molar-refractivity contribution is -0.127. The molecule has 1 fully saturated rings.